The minimum Gasteiger partial charge on any atom is -0.507 e. The fraction of sp³-hybridized carbons (Fsp3) is 0.118. The maximum absolute atomic E-state index is 11.9. The number of hydrogen-bond acceptors (Lipinski definition) is 6. The van der Waals surface area contributed by atoms with E-state index in [9.17, 15) is 15.2 Å². The van der Waals surface area contributed by atoms with Crippen LogP contribution in [0.25, 0.3) is 16.6 Å². The number of aliphatic hydroxyl groups excluding tert-OH is 1. The third-order valence-electron chi connectivity index (χ3n) is 3.31. The number of nitrogens with one attached hydrogen (secondary N) is 1. The summed E-state index contributed by atoms with van der Waals surface area (Å²) in [5.41, 5.74) is 1.37. The number of fused-ring (bicyclic) bond motifs is 1. The Kier molecular flexibility index (Phi) is 4.31. The van der Waals surface area contributed by atoms with E-state index >= 15 is 0 Å². The van der Waals surface area contributed by atoms with Crippen LogP contribution in [0.3, 0.4) is 0 Å². The molecule has 0 saturated carbocycles. The molecule has 0 aliphatic carbocycles. The maximum atomic E-state index is 11.9. The Labute approximate surface area is 141 Å². The normalized spacial score (nSPS) is 11.8. The Hall–Kier alpha value is -3.11. The number of nitriles is 1. The Morgan fingerprint density at radius 2 is 2.17 bits per heavy atom. The monoisotopic (exact) mass is 339 g/mol. The molecule has 0 bridgehead atoms. The molecule has 3 rings (SSSR count). The third-order valence-corrected chi connectivity index (χ3v) is 4.29. The van der Waals surface area contributed by atoms with Crippen LogP contribution in [0.4, 0.5) is 0 Å². The number of nitrogens with zero attached hydrogens (tertiary/aromatic N) is 2. The van der Waals surface area contributed by atoms with Crippen molar-refractivity contribution in [1.82, 2.24) is 9.97 Å². The number of esters is 1. The lowest BCUT2D eigenvalue weighted by Gasteiger charge is -2.04. The molecule has 0 atom stereocenters. The van der Waals surface area contributed by atoms with Gasteiger partial charge in [-0.05, 0) is 31.2 Å². The number of ether oxygens (including phenoxy) is 1. The van der Waals surface area contributed by atoms with Crippen LogP contribution in [0, 0.1) is 18.3 Å². The van der Waals surface area contributed by atoms with Crippen LogP contribution in [0.1, 0.15) is 20.4 Å². The fourth-order valence-electron chi connectivity index (χ4n) is 2.15. The second-order valence-corrected chi connectivity index (χ2v) is 6.31. The van der Waals surface area contributed by atoms with Crippen molar-refractivity contribution >= 4 is 33.9 Å². The Balaban J connectivity index is 1.80. The van der Waals surface area contributed by atoms with E-state index in [1.54, 1.807) is 12.1 Å². The molecule has 3 aromatic rings. The first-order chi connectivity index (χ1) is 11.6. The molecule has 2 aromatic heterocycles. The van der Waals surface area contributed by atoms with E-state index < -0.39 is 12.6 Å². The van der Waals surface area contributed by atoms with E-state index in [0.29, 0.717) is 10.4 Å². The number of carbonyl (C=O) groups excluding carboxylic acids is 1. The number of aromatic nitrogens is 2. The van der Waals surface area contributed by atoms with Gasteiger partial charge in [-0.2, -0.15) is 5.26 Å². The summed E-state index contributed by atoms with van der Waals surface area (Å²) in [7, 11) is 0. The number of carbonyl (C=O) groups is 1. The van der Waals surface area contributed by atoms with Crippen molar-refractivity contribution in [3.63, 3.8) is 0 Å². The molecule has 0 aliphatic rings. The predicted octanol–water partition coefficient (Wildman–Crippen LogP) is 3.58. The lowest BCUT2D eigenvalue weighted by molar-refractivity contribution is 0.0508. The standard InChI is InChI=1S/C17H13N3O3S/c1-10-6-7-15(24-10)17(22)23-9-14(21)11(8-18)16-19-12-4-2-3-5-13(12)20-16/h2-7,21H,9H2,1H3,(H,19,20)/b14-11-. The van der Waals surface area contributed by atoms with E-state index in [0.717, 1.165) is 10.4 Å². The Bertz CT molecular complexity index is 945. The van der Waals surface area contributed by atoms with Crippen molar-refractivity contribution in [2.24, 2.45) is 0 Å². The zero-order chi connectivity index (χ0) is 17.1. The number of rotatable bonds is 4. The second-order valence-electron chi connectivity index (χ2n) is 5.02. The summed E-state index contributed by atoms with van der Waals surface area (Å²) in [6.45, 7) is 1.49. The number of benzene rings is 1. The summed E-state index contributed by atoms with van der Waals surface area (Å²) in [5.74, 6) is -0.654. The summed E-state index contributed by atoms with van der Waals surface area (Å²) in [6.07, 6.45) is 0. The summed E-state index contributed by atoms with van der Waals surface area (Å²) in [6, 6.07) is 12.6. The highest BCUT2D eigenvalue weighted by atomic mass is 32.1. The molecule has 6 nitrogen and oxygen atoms in total. The molecule has 2 N–H and O–H groups in total. The number of aryl methyl sites for hydroxylation is 1. The average molecular weight is 339 g/mol. The van der Waals surface area contributed by atoms with E-state index in [4.69, 9.17) is 4.74 Å². The van der Waals surface area contributed by atoms with Gasteiger partial charge in [0, 0.05) is 4.88 Å². The van der Waals surface area contributed by atoms with Gasteiger partial charge in [0.1, 0.15) is 23.1 Å². The highest BCUT2D eigenvalue weighted by Crippen LogP contribution is 2.20. The van der Waals surface area contributed by atoms with Crippen molar-refractivity contribution in [2.45, 2.75) is 6.92 Å². The van der Waals surface area contributed by atoms with Crippen LogP contribution in [0.2, 0.25) is 0 Å². The molecular formula is C17H13N3O3S. The fourth-order valence-corrected chi connectivity index (χ4v) is 2.91. The van der Waals surface area contributed by atoms with E-state index in [-0.39, 0.29) is 17.2 Å². The van der Waals surface area contributed by atoms with Gasteiger partial charge in [0.15, 0.2) is 11.6 Å². The molecular weight excluding hydrogens is 326 g/mol. The lowest BCUT2D eigenvalue weighted by atomic mass is 10.2. The number of aromatic amines is 1. The first kappa shape index (κ1) is 15.8. The smallest absolute Gasteiger partial charge is 0.348 e. The van der Waals surface area contributed by atoms with Gasteiger partial charge in [-0.15, -0.1) is 11.3 Å². The van der Waals surface area contributed by atoms with Gasteiger partial charge in [0.2, 0.25) is 0 Å². The minimum atomic E-state index is -0.540. The molecule has 0 spiro atoms. The zero-order valence-electron chi connectivity index (χ0n) is 12.7. The number of allylic oxidation sites excluding steroid dienone is 1. The van der Waals surface area contributed by atoms with Crippen LogP contribution in [0.15, 0.2) is 42.2 Å². The number of para-hydroxylation sites is 2. The zero-order valence-corrected chi connectivity index (χ0v) is 13.6. The number of hydrogen-bond donors (Lipinski definition) is 2. The van der Waals surface area contributed by atoms with Gasteiger partial charge in [-0.1, -0.05) is 12.1 Å². The van der Waals surface area contributed by atoms with E-state index in [2.05, 4.69) is 9.97 Å². The van der Waals surface area contributed by atoms with E-state index in [1.165, 1.54) is 11.3 Å². The number of aliphatic hydroxyl groups is 1. The summed E-state index contributed by atoms with van der Waals surface area (Å²) in [5, 5.41) is 19.4. The summed E-state index contributed by atoms with van der Waals surface area (Å²) < 4.78 is 5.05. The summed E-state index contributed by atoms with van der Waals surface area (Å²) >= 11 is 1.31. The second kappa shape index (κ2) is 6.56. The van der Waals surface area contributed by atoms with Gasteiger partial charge in [0.05, 0.1) is 11.0 Å². The first-order valence-electron chi connectivity index (χ1n) is 7.09. The van der Waals surface area contributed by atoms with Crippen molar-refractivity contribution < 1.29 is 14.6 Å². The SMILES string of the molecule is Cc1ccc(C(=O)OC/C(O)=C(\C#N)c2nc3ccccc3[nH]2)s1. The van der Waals surface area contributed by atoms with Gasteiger partial charge in [0.25, 0.3) is 0 Å². The molecule has 24 heavy (non-hydrogen) atoms. The van der Waals surface area contributed by atoms with Gasteiger partial charge in [-0.3, -0.25) is 0 Å². The van der Waals surface area contributed by atoms with Gasteiger partial charge >= 0.3 is 5.97 Å². The van der Waals surface area contributed by atoms with E-state index in [1.807, 2.05) is 37.3 Å². The Morgan fingerprint density at radius 3 is 2.83 bits per heavy atom. The molecule has 0 unspecified atom stereocenters. The molecule has 0 fully saturated rings. The van der Waals surface area contributed by atoms with Crippen molar-refractivity contribution in [3.05, 3.63) is 57.7 Å². The molecule has 120 valence electrons. The van der Waals surface area contributed by atoms with Crippen LogP contribution < -0.4 is 0 Å². The van der Waals surface area contributed by atoms with Crippen LogP contribution in [-0.2, 0) is 4.74 Å². The highest BCUT2D eigenvalue weighted by Gasteiger charge is 2.16. The first-order valence-corrected chi connectivity index (χ1v) is 7.91. The largest absolute Gasteiger partial charge is 0.507 e. The van der Waals surface area contributed by atoms with Gasteiger partial charge in [-0.25, -0.2) is 9.78 Å². The topological polar surface area (TPSA) is 99.0 Å². The molecule has 0 amide bonds. The third kappa shape index (κ3) is 3.14. The van der Waals surface area contributed by atoms with Crippen molar-refractivity contribution in [1.29, 1.82) is 5.26 Å². The molecule has 0 saturated heterocycles. The lowest BCUT2D eigenvalue weighted by Crippen LogP contribution is -2.08. The molecule has 1 aromatic carbocycles. The predicted molar refractivity (Wildman–Crippen MR) is 90.6 cm³/mol. The van der Waals surface area contributed by atoms with Crippen LogP contribution in [-0.4, -0.2) is 27.7 Å². The van der Waals surface area contributed by atoms with Crippen LogP contribution in [0.5, 0.6) is 0 Å². The highest BCUT2D eigenvalue weighted by molar-refractivity contribution is 7.13. The van der Waals surface area contributed by atoms with Crippen molar-refractivity contribution in [3.8, 4) is 6.07 Å². The van der Waals surface area contributed by atoms with Gasteiger partial charge < -0.3 is 14.8 Å². The van der Waals surface area contributed by atoms with Crippen LogP contribution >= 0.6 is 11.3 Å². The number of thiophene rings is 1. The number of imidazole rings is 1. The molecule has 0 radical (unpaired) electrons. The Morgan fingerprint density at radius 1 is 1.38 bits per heavy atom. The number of H-pyrrole nitrogens is 1. The summed E-state index contributed by atoms with van der Waals surface area (Å²) in [4.78, 5) is 20.6. The molecule has 2 heterocycles. The maximum Gasteiger partial charge on any atom is 0.348 e. The average Bonchev–Trinajstić information content (AvgIpc) is 3.19. The van der Waals surface area contributed by atoms with Crippen molar-refractivity contribution in [2.75, 3.05) is 6.61 Å². The molecule has 7 heteroatoms. The minimum absolute atomic E-state index is 0.0543. The quantitative estimate of drug-likeness (QED) is 0.430. The molecule has 0 aliphatic heterocycles.